The number of aromatic nitrogens is 5. The van der Waals surface area contributed by atoms with E-state index in [-0.39, 0.29) is 11.9 Å². The van der Waals surface area contributed by atoms with E-state index in [9.17, 15) is 9.90 Å². The van der Waals surface area contributed by atoms with Gasteiger partial charge in [-0.3, -0.25) is 14.2 Å². The van der Waals surface area contributed by atoms with E-state index in [1.807, 2.05) is 14.0 Å². The molecule has 1 fully saturated rings. The maximum Gasteiger partial charge on any atom is 0.254 e. The number of hydrogen-bond donors (Lipinski definition) is 2. The second kappa shape index (κ2) is 6.59. The lowest BCUT2D eigenvalue weighted by atomic mass is 10.0. The Morgan fingerprint density at radius 1 is 1.44 bits per heavy atom. The minimum Gasteiger partial charge on any atom is -0.384 e. The van der Waals surface area contributed by atoms with E-state index in [0.29, 0.717) is 23.7 Å². The summed E-state index contributed by atoms with van der Waals surface area (Å²) in [6, 6.07) is 0.113. The first-order chi connectivity index (χ1) is 11.8. The highest BCUT2D eigenvalue weighted by atomic mass is 16.3. The summed E-state index contributed by atoms with van der Waals surface area (Å²) in [6.07, 6.45) is 6.47. The molecule has 0 spiro atoms. The third-order valence-corrected chi connectivity index (χ3v) is 5.04. The molecule has 0 bridgehead atoms. The van der Waals surface area contributed by atoms with Crippen LogP contribution in [0.25, 0.3) is 0 Å². The van der Waals surface area contributed by atoms with Crippen molar-refractivity contribution in [1.29, 1.82) is 0 Å². The monoisotopic (exact) mass is 346 g/mol. The van der Waals surface area contributed by atoms with Crippen LogP contribution in [0.5, 0.6) is 0 Å². The Morgan fingerprint density at radius 2 is 2.20 bits per heavy atom. The molecule has 0 radical (unpaired) electrons. The highest BCUT2D eigenvalue weighted by Gasteiger charge is 2.30. The van der Waals surface area contributed by atoms with E-state index < -0.39 is 5.60 Å². The van der Waals surface area contributed by atoms with Crippen molar-refractivity contribution in [3.63, 3.8) is 0 Å². The fourth-order valence-electron chi connectivity index (χ4n) is 3.32. The normalized spacial score (nSPS) is 20.8. The van der Waals surface area contributed by atoms with Gasteiger partial charge in [-0.05, 0) is 39.5 Å². The van der Waals surface area contributed by atoms with Crippen LogP contribution in [-0.2, 0) is 19.2 Å². The second-order valence-corrected chi connectivity index (χ2v) is 7.42. The van der Waals surface area contributed by atoms with E-state index in [1.165, 1.54) is 0 Å². The van der Waals surface area contributed by atoms with Crippen molar-refractivity contribution in [2.75, 3.05) is 0 Å². The number of aryl methyl sites for hydroxylation is 1. The molecule has 25 heavy (non-hydrogen) atoms. The zero-order valence-electron chi connectivity index (χ0n) is 15.2. The van der Waals surface area contributed by atoms with E-state index in [1.54, 1.807) is 35.6 Å². The van der Waals surface area contributed by atoms with Gasteiger partial charge in [0.2, 0.25) is 0 Å². The summed E-state index contributed by atoms with van der Waals surface area (Å²) in [6.45, 7) is 5.95. The van der Waals surface area contributed by atoms with Crippen molar-refractivity contribution >= 4 is 5.91 Å². The summed E-state index contributed by atoms with van der Waals surface area (Å²) in [5, 5.41) is 25.5. The quantitative estimate of drug-likeness (QED) is 0.846. The zero-order chi connectivity index (χ0) is 18.2. The maximum absolute atomic E-state index is 12.5. The molecule has 1 saturated carbocycles. The van der Waals surface area contributed by atoms with Crippen molar-refractivity contribution < 1.29 is 9.90 Å². The van der Waals surface area contributed by atoms with Crippen LogP contribution in [0.1, 0.15) is 54.9 Å². The van der Waals surface area contributed by atoms with Crippen molar-refractivity contribution in [3.05, 3.63) is 29.3 Å². The van der Waals surface area contributed by atoms with Gasteiger partial charge < -0.3 is 10.4 Å². The first-order valence-corrected chi connectivity index (χ1v) is 8.68. The number of rotatable bonds is 5. The summed E-state index contributed by atoms with van der Waals surface area (Å²) in [4.78, 5) is 12.5. The van der Waals surface area contributed by atoms with Gasteiger partial charge >= 0.3 is 0 Å². The van der Waals surface area contributed by atoms with Crippen LogP contribution in [0.2, 0.25) is 0 Å². The maximum atomic E-state index is 12.5. The summed E-state index contributed by atoms with van der Waals surface area (Å²) in [5.74, 6) is 0.232. The highest BCUT2D eigenvalue weighted by molar-refractivity contribution is 5.95. The Kier molecular flexibility index (Phi) is 4.64. The van der Waals surface area contributed by atoms with Gasteiger partial charge in [-0.2, -0.15) is 5.10 Å². The molecule has 2 aromatic rings. The first-order valence-electron chi connectivity index (χ1n) is 8.68. The van der Waals surface area contributed by atoms with Gasteiger partial charge in [-0.15, -0.1) is 5.10 Å². The SMILES string of the molecule is Cc1c(C(=O)N[C@@H]2CCC[C@@H]2Cn2cc(C(C)(C)O)nn2)cnn1C. The van der Waals surface area contributed by atoms with Crippen LogP contribution in [0.4, 0.5) is 0 Å². The Labute approximate surface area is 147 Å². The number of nitrogens with zero attached hydrogens (tertiary/aromatic N) is 5. The first kappa shape index (κ1) is 17.6. The second-order valence-electron chi connectivity index (χ2n) is 7.42. The third-order valence-electron chi connectivity index (χ3n) is 5.04. The van der Waals surface area contributed by atoms with Crippen LogP contribution >= 0.6 is 0 Å². The standard InChI is InChI=1S/C17H26N6O2/c1-11-13(8-18-22(11)4)16(24)19-14-7-5-6-12(14)9-23-10-15(20-21-23)17(2,3)25/h8,10,12,14,25H,5-7,9H2,1-4H3,(H,19,24)/t12-,14-/m1/s1. The van der Waals surface area contributed by atoms with Crippen molar-refractivity contribution in [1.82, 2.24) is 30.1 Å². The Morgan fingerprint density at radius 3 is 2.80 bits per heavy atom. The molecule has 8 heteroatoms. The van der Waals surface area contributed by atoms with Crippen LogP contribution < -0.4 is 5.32 Å². The average molecular weight is 346 g/mol. The fraction of sp³-hybridized carbons (Fsp3) is 0.647. The van der Waals surface area contributed by atoms with E-state index in [2.05, 4.69) is 20.7 Å². The molecule has 2 aromatic heterocycles. The van der Waals surface area contributed by atoms with Gasteiger partial charge in [0.15, 0.2) is 0 Å². The minimum absolute atomic E-state index is 0.0710. The number of aliphatic hydroxyl groups is 1. The van der Waals surface area contributed by atoms with Gasteiger partial charge in [0.25, 0.3) is 5.91 Å². The van der Waals surface area contributed by atoms with Gasteiger partial charge in [-0.25, -0.2) is 0 Å². The number of carbonyl (C=O) groups excluding carboxylic acids is 1. The predicted molar refractivity (Wildman–Crippen MR) is 91.8 cm³/mol. The third kappa shape index (κ3) is 3.73. The molecular weight excluding hydrogens is 320 g/mol. The Bertz CT molecular complexity index is 758. The molecule has 1 aliphatic rings. The molecule has 1 aliphatic carbocycles. The molecule has 0 unspecified atom stereocenters. The number of amides is 1. The molecule has 0 saturated heterocycles. The lowest BCUT2D eigenvalue weighted by Crippen LogP contribution is -2.39. The Hall–Kier alpha value is -2.22. The van der Waals surface area contributed by atoms with Crippen LogP contribution in [0.3, 0.4) is 0 Å². The molecule has 0 aliphatic heterocycles. The van der Waals surface area contributed by atoms with E-state index >= 15 is 0 Å². The van der Waals surface area contributed by atoms with E-state index in [4.69, 9.17) is 0 Å². The van der Waals surface area contributed by atoms with Crippen LogP contribution in [-0.4, -0.2) is 41.8 Å². The number of hydrogen-bond acceptors (Lipinski definition) is 5. The van der Waals surface area contributed by atoms with Crippen LogP contribution in [0, 0.1) is 12.8 Å². The molecule has 2 N–H and O–H groups in total. The summed E-state index contributed by atoms with van der Waals surface area (Å²) in [7, 11) is 1.83. The zero-order valence-corrected chi connectivity index (χ0v) is 15.2. The van der Waals surface area contributed by atoms with Gasteiger partial charge in [-0.1, -0.05) is 11.6 Å². The van der Waals surface area contributed by atoms with Gasteiger partial charge in [0.05, 0.1) is 18.0 Å². The topological polar surface area (TPSA) is 97.9 Å². The summed E-state index contributed by atoms with van der Waals surface area (Å²) < 4.78 is 3.46. The number of carbonyl (C=O) groups is 1. The average Bonchev–Trinajstić information content (AvgIpc) is 3.23. The molecule has 3 rings (SSSR count). The minimum atomic E-state index is -1.00. The largest absolute Gasteiger partial charge is 0.384 e. The molecular formula is C17H26N6O2. The lowest BCUT2D eigenvalue weighted by molar-refractivity contribution is 0.0737. The molecule has 1 amide bonds. The Balaban J connectivity index is 1.65. The van der Waals surface area contributed by atoms with Crippen molar-refractivity contribution in [3.8, 4) is 0 Å². The van der Waals surface area contributed by atoms with Crippen LogP contribution in [0.15, 0.2) is 12.4 Å². The molecule has 136 valence electrons. The predicted octanol–water partition coefficient (Wildman–Crippen LogP) is 1.15. The summed E-state index contributed by atoms with van der Waals surface area (Å²) in [5.41, 5.74) is 1.03. The molecule has 2 atom stereocenters. The number of nitrogens with one attached hydrogen (secondary N) is 1. The molecule has 2 heterocycles. The molecule has 8 nitrogen and oxygen atoms in total. The smallest absolute Gasteiger partial charge is 0.254 e. The molecule has 0 aromatic carbocycles. The summed E-state index contributed by atoms with van der Waals surface area (Å²) >= 11 is 0. The van der Waals surface area contributed by atoms with E-state index in [0.717, 1.165) is 25.0 Å². The van der Waals surface area contributed by atoms with Gasteiger partial charge in [0, 0.05) is 25.3 Å². The van der Waals surface area contributed by atoms with Crippen molar-refractivity contribution in [2.24, 2.45) is 13.0 Å². The van der Waals surface area contributed by atoms with Gasteiger partial charge in [0.1, 0.15) is 11.3 Å². The van der Waals surface area contributed by atoms with Crippen molar-refractivity contribution in [2.45, 2.75) is 58.2 Å². The highest BCUT2D eigenvalue weighted by Crippen LogP contribution is 2.28. The lowest BCUT2D eigenvalue weighted by Gasteiger charge is -2.21. The fourth-order valence-corrected chi connectivity index (χ4v) is 3.32.